The minimum absolute atomic E-state index is 0.119. The van der Waals surface area contributed by atoms with Crippen molar-refractivity contribution in [3.05, 3.63) is 86.8 Å². The Morgan fingerprint density at radius 1 is 1.10 bits per heavy atom. The van der Waals surface area contributed by atoms with Gasteiger partial charge < -0.3 is 19.1 Å². The molecule has 0 aliphatic heterocycles. The lowest BCUT2D eigenvalue weighted by molar-refractivity contribution is 0.103. The quantitative estimate of drug-likeness (QED) is 0.591. The molecule has 1 heterocycles. The second kappa shape index (κ2) is 9.18. The molecule has 7 heteroatoms. The molecule has 1 aromatic heterocycles. The Morgan fingerprint density at radius 2 is 1.84 bits per heavy atom. The van der Waals surface area contributed by atoms with Crippen molar-refractivity contribution in [2.75, 3.05) is 14.2 Å². The number of ether oxygens (including phenoxy) is 2. The summed E-state index contributed by atoms with van der Waals surface area (Å²) in [6, 6.07) is 13.3. The van der Waals surface area contributed by atoms with E-state index in [0.29, 0.717) is 17.9 Å². The fourth-order valence-corrected chi connectivity index (χ4v) is 3.28. The van der Waals surface area contributed by atoms with Gasteiger partial charge in [-0.25, -0.2) is 0 Å². The van der Waals surface area contributed by atoms with Crippen molar-refractivity contribution in [2.45, 2.75) is 19.9 Å². The summed E-state index contributed by atoms with van der Waals surface area (Å²) in [5.41, 5.74) is 1.37. The number of phenolic OH excluding ortho intramolecular Hbond substituents is 1. The van der Waals surface area contributed by atoms with Crippen molar-refractivity contribution in [2.24, 2.45) is 0 Å². The van der Waals surface area contributed by atoms with Crippen LogP contribution >= 0.6 is 0 Å². The number of nitrogens with zero attached hydrogens (tertiary/aromatic N) is 2. The number of aryl methyl sites for hydroxylation is 3. The molecule has 3 aromatic rings. The summed E-state index contributed by atoms with van der Waals surface area (Å²) >= 11 is 0. The van der Waals surface area contributed by atoms with Gasteiger partial charge >= 0.3 is 0 Å². The first-order valence-corrected chi connectivity index (χ1v) is 9.57. The highest BCUT2D eigenvalue weighted by atomic mass is 16.5. The van der Waals surface area contributed by atoms with E-state index >= 15 is 0 Å². The molecule has 0 saturated carbocycles. The number of hydrogen-bond donors (Lipinski definition) is 1. The van der Waals surface area contributed by atoms with Crippen LogP contribution in [0.25, 0.3) is 0 Å². The minimum Gasteiger partial charge on any atom is -0.507 e. The van der Waals surface area contributed by atoms with E-state index in [1.54, 1.807) is 39.3 Å². The summed E-state index contributed by atoms with van der Waals surface area (Å²) in [6.45, 7) is 2.06. The number of aromatic nitrogens is 1. The Balaban J connectivity index is 1.95. The predicted octanol–water partition coefficient (Wildman–Crippen LogP) is 3.22. The smallest absolute Gasteiger partial charge is 0.268 e. The maximum atomic E-state index is 13.0. The van der Waals surface area contributed by atoms with Crippen LogP contribution in [0.1, 0.15) is 32.6 Å². The molecule has 31 heavy (non-hydrogen) atoms. The third-order valence-corrected chi connectivity index (χ3v) is 4.95. The molecule has 1 N–H and O–H groups in total. The number of carbonyl (C=O) groups is 1. The van der Waals surface area contributed by atoms with E-state index < -0.39 is 11.3 Å². The monoisotopic (exact) mass is 418 g/mol. The van der Waals surface area contributed by atoms with Gasteiger partial charge in [0.1, 0.15) is 17.4 Å². The molecule has 3 rings (SSSR count). The van der Waals surface area contributed by atoms with Crippen molar-refractivity contribution in [1.29, 1.82) is 5.26 Å². The third kappa shape index (κ3) is 4.59. The highest BCUT2D eigenvalue weighted by molar-refractivity contribution is 6.10. The largest absolute Gasteiger partial charge is 0.507 e. The maximum Gasteiger partial charge on any atom is 0.268 e. The number of hydrogen-bond acceptors (Lipinski definition) is 6. The summed E-state index contributed by atoms with van der Waals surface area (Å²) in [5.74, 6) is 0.555. The van der Waals surface area contributed by atoms with Crippen LogP contribution in [0.5, 0.6) is 17.2 Å². The van der Waals surface area contributed by atoms with E-state index in [2.05, 4.69) is 0 Å². The Labute approximate surface area is 179 Å². The number of rotatable bonds is 7. The summed E-state index contributed by atoms with van der Waals surface area (Å²) < 4.78 is 11.9. The molecule has 0 aliphatic rings. The first-order valence-electron chi connectivity index (χ1n) is 9.57. The zero-order valence-electron chi connectivity index (χ0n) is 17.5. The molecule has 0 aliphatic carbocycles. The molecule has 0 spiro atoms. The number of nitriles is 1. The Kier molecular flexibility index (Phi) is 6.41. The van der Waals surface area contributed by atoms with Gasteiger partial charge in [-0.3, -0.25) is 9.59 Å². The maximum absolute atomic E-state index is 13.0. The van der Waals surface area contributed by atoms with Crippen molar-refractivity contribution >= 4 is 5.78 Å². The van der Waals surface area contributed by atoms with Gasteiger partial charge in [0.25, 0.3) is 5.56 Å². The second-order valence-electron chi connectivity index (χ2n) is 7.04. The van der Waals surface area contributed by atoms with Gasteiger partial charge in [-0.1, -0.05) is 17.7 Å². The van der Waals surface area contributed by atoms with Crippen LogP contribution in [0.15, 0.2) is 53.5 Å². The van der Waals surface area contributed by atoms with E-state index in [9.17, 15) is 20.0 Å². The van der Waals surface area contributed by atoms with Crippen LogP contribution in [0.4, 0.5) is 0 Å². The SMILES string of the molecule is COc1ccc(CCn2cc(C(=O)c3cc(C)ccc3O)cc(C#N)c2=O)cc1OC. The first-order chi connectivity index (χ1) is 14.9. The molecule has 0 unspecified atom stereocenters. The van der Waals surface area contributed by atoms with Crippen LogP contribution in [-0.2, 0) is 13.0 Å². The fourth-order valence-electron chi connectivity index (χ4n) is 3.28. The standard InChI is InChI=1S/C24H22N2O5/c1-15-4-6-20(27)19(10-15)23(28)18-12-17(13-25)24(29)26(14-18)9-8-16-5-7-21(30-2)22(11-16)31-3/h4-7,10-12,14,27H,8-9H2,1-3H3. The Bertz CT molecular complexity index is 1240. The Morgan fingerprint density at radius 3 is 2.52 bits per heavy atom. The molecular weight excluding hydrogens is 396 g/mol. The number of pyridine rings is 1. The van der Waals surface area contributed by atoms with Gasteiger partial charge in [-0.2, -0.15) is 5.26 Å². The van der Waals surface area contributed by atoms with E-state index in [1.807, 2.05) is 18.2 Å². The van der Waals surface area contributed by atoms with Crippen molar-refractivity contribution in [1.82, 2.24) is 4.57 Å². The van der Waals surface area contributed by atoms with Crippen molar-refractivity contribution in [3.63, 3.8) is 0 Å². The van der Waals surface area contributed by atoms with Crippen LogP contribution in [0.3, 0.4) is 0 Å². The van der Waals surface area contributed by atoms with Crippen LogP contribution in [0, 0.1) is 18.3 Å². The highest BCUT2D eigenvalue weighted by Crippen LogP contribution is 2.28. The zero-order chi connectivity index (χ0) is 22.5. The molecule has 0 fully saturated rings. The van der Waals surface area contributed by atoms with Crippen LogP contribution in [-0.4, -0.2) is 29.7 Å². The molecule has 0 atom stereocenters. The molecular formula is C24H22N2O5. The first kappa shape index (κ1) is 21.7. The van der Waals surface area contributed by atoms with E-state index in [0.717, 1.165) is 11.1 Å². The van der Waals surface area contributed by atoms with Gasteiger partial charge in [0.2, 0.25) is 0 Å². The summed E-state index contributed by atoms with van der Waals surface area (Å²) in [5, 5.41) is 19.5. The van der Waals surface area contributed by atoms with Gasteiger partial charge in [-0.05, 0) is 49.2 Å². The normalized spacial score (nSPS) is 10.4. The van der Waals surface area contributed by atoms with E-state index in [1.165, 1.54) is 22.9 Å². The number of ketones is 1. The minimum atomic E-state index is -0.479. The van der Waals surface area contributed by atoms with Crippen LogP contribution in [0.2, 0.25) is 0 Å². The molecule has 0 saturated heterocycles. The molecule has 7 nitrogen and oxygen atoms in total. The van der Waals surface area contributed by atoms with E-state index in [4.69, 9.17) is 9.47 Å². The average molecular weight is 418 g/mol. The second-order valence-corrected chi connectivity index (χ2v) is 7.04. The van der Waals surface area contributed by atoms with E-state index in [-0.39, 0.29) is 29.0 Å². The molecule has 2 aromatic carbocycles. The van der Waals surface area contributed by atoms with Gasteiger partial charge in [0, 0.05) is 18.3 Å². The average Bonchev–Trinajstić information content (AvgIpc) is 2.79. The number of benzene rings is 2. The van der Waals surface area contributed by atoms with Gasteiger partial charge in [0.05, 0.1) is 19.8 Å². The zero-order valence-corrected chi connectivity index (χ0v) is 17.5. The van der Waals surface area contributed by atoms with Crippen molar-refractivity contribution in [3.8, 4) is 23.3 Å². The topological polar surface area (TPSA) is 102 Å². The number of phenols is 1. The summed E-state index contributed by atoms with van der Waals surface area (Å²) in [7, 11) is 3.09. The van der Waals surface area contributed by atoms with Crippen LogP contribution < -0.4 is 15.0 Å². The molecule has 0 radical (unpaired) electrons. The highest BCUT2D eigenvalue weighted by Gasteiger charge is 2.17. The Hall–Kier alpha value is -4.05. The van der Waals surface area contributed by atoms with Gasteiger partial charge in [-0.15, -0.1) is 0 Å². The lowest BCUT2D eigenvalue weighted by Gasteiger charge is -2.12. The van der Waals surface area contributed by atoms with Gasteiger partial charge in [0.15, 0.2) is 17.3 Å². The summed E-state index contributed by atoms with van der Waals surface area (Å²) in [6.07, 6.45) is 1.90. The molecule has 0 amide bonds. The summed E-state index contributed by atoms with van der Waals surface area (Å²) in [4.78, 5) is 25.6. The number of methoxy groups -OCH3 is 2. The number of aromatic hydroxyl groups is 1. The molecule has 0 bridgehead atoms. The fraction of sp³-hybridized carbons (Fsp3) is 0.208. The van der Waals surface area contributed by atoms with Crippen molar-refractivity contribution < 1.29 is 19.4 Å². The predicted molar refractivity (Wildman–Crippen MR) is 115 cm³/mol. The third-order valence-electron chi connectivity index (χ3n) is 4.95. The number of carbonyl (C=O) groups excluding carboxylic acids is 1. The lowest BCUT2D eigenvalue weighted by Crippen LogP contribution is -2.25. The molecule has 158 valence electrons. The lowest BCUT2D eigenvalue weighted by atomic mass is 10.0.